The molecule has 0 amide bonds. The van der Waals surface area contributed by atoms with Crippen LogP contribution >= 0.6 is 0 Å². The van der Waals surface area contributed by atoms with E-state index in [0.29, 0.717) is 139 Å². The van der Waals surface area contributed by atoms with E-state index in [1.54, 1.807) is 18.2 Å². The largest absolute Gasteiger partial charge is 0.377 e. The summed E-state index contributed by atoms with van der Waals surface area (Å²) in [6.07, 6.45) is 1.71. The van der Waals surface area contributed by atoms with E-state index in [1.165, 1.54) is 12.1 Å². The van der Waals surface area contributed by atoms with Crippen molar-refractivity contribution >= 4 is 10.1 Å². The predicted octanol–water partition coefficient (Wildman–Crippen LogP) is 2.07. The Bertz CT molecular complexity index is 917. The molecule has 0 N–H and O–H groups in total. The Hall–Kier alpha value is -1.57. The van der Waals surface area contributed by atoms with E-state index >= 15 is 0 Å². The number of ether oxygens (including phenoxy) is 11. The zero-order chi connectivity index (χ0) is 33.9. The molecule has 1 aromatic rings. The molecular weight excluding hydrogens is 640 g/mol. The minimum absolute atomic E-state index is 0.0599. The number of hydrogen-bond acceptors (Lipinski definition) is 14. The zero-order valence-electron chi connectivity index (χ0n) is 28.0. The molecule has 1 rings (SSSR count). The Morgan fingerprint density at radius 1 is 0.447 bits per heavy atom. The summed E-state index contributed by atoms with van der Waals surface area (Å²) in [5, 5.41) is 0. The molecule has 0 aliphatic carbocycles. The van der Waals surface area contributed by atoms with Gasteiger partial charge < -0.3 is 52.1 Å². The van der Waals surface area contributed by atoms with Crippen LogP contribution < -0.4 is 0 Å². The minimum Gasteiger partial charge on any atom is -0.377 e. The highest BCUT2D eigenvalue weighted by Crippen LogP contribution is 2.12. The van der Waals surface area contributed by atoms with Crippen LogP contribution in [0.2, 0.25) is 0 Å². The van der Waals surface area contributed by atoms with Gasteiger partial charge in [-0.15, -0.1) is 6.58 Å². The zero-order valence-corrected chi connectivity index (χ0v) is 28.8. The van der Waals surface area contributed by atoms with E-state index in [9.17, 15) is 8.42 Å². The van der Waals surface area contributed by atoms with E-state index in [2.05, 4.69) is 6.58 Å². The fourth-order valence-electron chi connectivity index (χ4n) is 3.34. The van der Waals surface area contributed by atoms with Crippen LogP contribution in [0.4, 0.5) is 0 Å². The monoisotopic (exact) mass is 696 g/mol. The first-order valence-corrected chi connectivity index (χ1v) is 17.4. The summed E-state index contributed by atoms with van der Waals surface area (Å²) >= 11 is 0. The molecular formula is C32H56O14S. The molecule has 0 atom stereocenters. The van der Waals surface area contributed by atoms with Gasteiger partial charge in [-0.2, -0.15) is 8.42 Å². The standard InChI is InChI=1S/C32H56O14S/c1-3-8-35-9-10-36-11-12-37-13-14-38-15-16-39-17-18-40-19-20-41-21-22-42-23-24-43-25-26-44-27-28-45-29-30-46-47(33,34)32-6-4-31(2)5-7-32/h3-7H,1,8-30H2,2H3. The van der Waals surface area contributed by atoms with E-state index in [-0.39, 0.29) is 18.1 Å². The molecule has 0 fully saturated rings. The normalized spacial score (nSPS) is 11.8. The van der Waals surface area contributed by atoms with E-state index < -0.39 is 10.1 Å². The van der Waals surface area contributed by atoms with Gasteiger partial charge in [0.05, 0.1) is 157 Å². The lowest BCUT2D eigenvalue weighted by Gasteiger charge is -2.09. The summed E-state index contributed by atoms with van der Waals surface area (Å²) < 4.78 is 88.6. The molecule has 0 radical (unpaired) electrons. The van der Waals surface area contributed by atoms with Crippen molar-refractivity contribution in [2.45, 2.75) is 11.8 Å². The average Bonchev–Trinajstić information content (AvgIpc) is 3.06. The van der Waals surface area contributed by atoms with Gasteiger partial charge in [0.1, 0.15) is 0 Å². The van der Waals surface area contributed by atoms with E-state index in [1.807, 2.05) is 6.92 Å². The third kappa shape index (κ3) is 29.1. The third-order valence-electron chi connectivity index (χ3n) is 5.73. The molecule has 0 unspecified atom stereocenters. The minimum atomic E-state index is -3.77. The molecule has 0 saturated carbocycles. The highest BCUT2D eigenvalue weighted by Gasteiger charge is 2.14. The lowest BCUT2D eigenvalue weighted by molar-refractivity contribution is -0.0275. The first-order chi connectivity index (χ1) is 23.1. The third-order valence-corrected chi connectivity index (χ3v) is 7.06. The van der Waals surface area contributed by atoms with Gasteiger partial charge in [-0.05, 0) is 19.1 Å². The second-order valence-electron chi connectivity index (χ2n) is 9.58. The molecule has 1 aromatic carbocycles. The van der Waals surface area contributed by atoms with Crippen LogP contribution in [0.3, 0.4) is 0 Å². The molecule has 15 heteroatoms. The summed E-state index contributed by atoms with van der Waals surface area (Å²) in [5.74, 6) is 0. The Morgan fingerprint density at radius 2 is 0.702 bits per heavy atom. The smallest absolute Gasteiger partial charge is 0.297 e. The van der Waals surface area contributed by atoms with Crippen molar-refractivity contribution in [1.29, 1.82) is 0 Å². The lowest BCUT2D eigenvalue weighted by atomic mass is 10.2. The molecule has 0 heterocycles. The van der Waals surface area contributed by atoms with E-state index in [0.717, 1.165) is 5.56 Å². The fraction of sp³-hybridized carbons (Fsp3) is 0.750. The van der Waals surface area contributed by atoms with Crippen molar-refractivity contribution in [2.24, 2.45) is 0 Å². The Balaban J connectivity index is 1.68. The highest BCUT2D eigenvalue weighted by atomic mass is 32.2. The summed E-state index contributed by atoms with van der Waals surface area (Å²) in [5.41, 5.74) is 0.975. The average molecular weight is 697 g/mol. The van der Waals surface area contributed by atoms with Crippen LogP contribution in [-0.4, -0.2) is 160 Å². The Kier molecular flexibility index (Phi) is 30.5. The predicted molar refractivity (Wildman–Crippen MR) is 174 cm³/mol. The van der Waals surface area contributed by atoms with Gasteiger partial charge in [-0.25, -0.2) is 0 Å². The van der Waals surface area contributed by atoms with Crippen molar-refractivity contribution in [1.82, 2.24) is 0 Å². The van der Waals surface area contributed by atoms with Crippen LogP contribution in [0.25, 0.3) is 0 Å². The molecule has 47 heavy (non-hydrogen) atoms. The summed E-state index contributed by atoms with van der Waals surface area (Å²) in [7, 11) is -3.77. The highest BCUT2D eigenvalue weighted by molar-refractivity contribution is 7.86. The lowest BCUT2D eigenvalue weighted by Crippen LogP contribution is -2.16. The SMILES string of the molecule is C=CCOCCOCCOCCOCCOCCOCCOCCOCCOCCOCCOCCOS(=O)(=O)c1ccc(C)cc1. The van der Waals surface area contributed by atoms with Crippen molar-refractivity contribution in [3.05, 3.63) is 42.5 Å². The number of rotatable bonds is 37. The van der Waals surface area contributed by atoms with Gasteiger partial charge in [0.15, 0.2) is 0 Å². The fourth-order valence-corrected chi connectivity index (χ4v) is 4.23. The van der Waals surface area contributed by atoms with Crippen LogP contribution in [0.1, 0.15) is 5.56 Å². The van der Waals surface area contributed by atoms with Crippen molar-refractivity contribution in [3.8, 4) is 0 Å². The second-order valence-corrected chi connectivity index (χ2v) is 11.2. The van der Waals surface area contributed by atoms with Crippen molar-refractivity contribution < 1.29 is 64.7 Å². The topological polar surface area (TPSA) is 145 Å². The molecule has 0 aliphatic heterocycles. The van der Waals surface area contributed by atoms with Gasteiger partial charge in [0, 0.05) is 0 Å². The van der Waals surface area contributed by atoms with Crippen LogP contribution in [0, 0.1) is 6.92 Å². The second kappa shape index (κ2) is 33.0. The molecule has 274 valence electrons. The molecule has 0 saturated heterocycles. The summed E-state index contributed by atoms with van der Waals surface area (Å²) in [6, 6.07) is 6.48. The van der Waals surface area contributed by atoms with Crippen LogP contribution in [0.15, 0.2) is 41.8 Å². The first-order valence-electron chi connectivity index (χ1n) is 16.0. The maximum atomic E-state index is 12.1. The number of benzene rings is 1. The number of aryl methyl sites for hydroxylation is 1. The summed E-state index contributed by atoms with van der Waals surface area (Å²) in [4.78, 5) is 0.127. The molecule has 0 spiro atoms. The Morgan fingerprint density at radius 3 is 0.979 bits per heavy atom. The Labute approximate surface area is 280 Å². The quantitative estimate of drug-likeness (QED) is 0.0569. The molecule has 0 aliphatic rings. The maximum Gasteiger partial charge on any atom is 0.297 e. The maximum absolute atomic E-state index is 12.1. The van der Waals surface area contributed by atoms with Crippen LogP contribution in [0.5, 0.6) is 0 Å². The van der Waals surface area contributed by atoms with Crippen molar-refractivity contribution in [2.75, 3.05) is 152 Å². The summed E-state index contributed by atoms with van der Waals surface area (Å²) in [6.45, 7) is 15.6. The van der Waals surface area contributed by atoms with Gasteiger partial charge in [-0.1, -0.05) is 23.8 Å². The molecule has 0 aromatic heterocycles. The molecule has 0 bridgehead atoms. The first kappa shape index (κ1) is 43.5. The number of hydrogen-bond donors (Lipinski definition) is 0. The van der Waals surface area contributed by atoms with E-state index in [4.69, 9.17) is 56.3 Å². The van der Waals surface area contributed by atoms with Gasteiger partial charge in [-0.3, -0.25) is 4.18 Å². The van der Waals surface area contributed by atoms with Gasteiger partial charge in [0.2, 0.25) is 0 Å². The van der Waals surface area contributed by atoms with Crippen LogP contribution in [-0.2, 0) is 66.4 Å². The van der Waals surface area contributed by atoms with Crippen molar-refractivity contribution in [3.63, 3.8) is 0 Å². The van der Waals surface area contributed by atoms with Gasteiger partial charge >= 0.3 is 0 Å². The molecule has 14 nitrogen and oxygen atoms in total. The van der Waals surface area contributed by atoms with Gasteiger partial charge in [0.25, 0.3) is 10.1 Å².